The normalized spacial score (nSPS) is 16.1. The predicted molar refractivity (Wildman–Crippen MR) is 107 cm³/mol. The van der Waals surface area contributed by atoms with Crippen LogP contribution in [0.25, 0.3) is 0 Å². The van der Waals surface area contributed by atoms with Crippen molar-refractivity contribution >= 4 is 18.2 Å². The number of alkyl carbamates (subject to hydrolysis) is 2. The van der Waals surface area contributed by atoms with Gasteiger partial charge in [-0.3, -0.25) is 5.32 Å². The van der Waals surface area contributed by atoms with E-state index in [1.807, 2.05) is 0 Å². The molecule has 4 atom stereocenters. The van der Waals surface area contributed by atoms with Gasteiger partial charge in [-0.2, -0.15) is 0 Å². The van der Waals surface area contributed by atoms with E-state index in [1.165, 1.54) is 13.8 Å². The van der Waals surface area contributed by atoms with Gasteiger partial charge >= 0.3 is 18.2 Å². The summed E-state index contributed by atoms with van der Waals surface area (Å²) in [4.78, 5) is 36.2. The van der Waals surface area contributed by atoms with Crippen molar-refractivity contribution in [3.05, 3.63) is 0 Å². The highest BCUT2D eigenvalue weighted by Crippen LogP contribution is 2.11. The molecule has 29 heavy (non-hydrogen) atoms. The van der Waals surface area contributed by atoms with Crippen LogP contribution in [0.5, 0.6) is 0 Å². The second-order valence-electron chi connectivity index (χ2n) is 8.68. The zero-order chi connectivity index (χ0) is 23.0. The number of aliphatic hydroxyl groups is 1. The lowest BCUT2D eigenvalue weighted by Gasteiger charge is -2.31. The molecule has 10 nitrogen and oxygen atoms in total. The first-order valence-electron chi connectivity index (χ1n) is 9.66. The molecule has 0 aromatic rings. The number of ether oxygens (including phenoxy) is 3. The number of hydrogen-bond acceptors (Lipinski definition) is 8. The first kappa shape index (κ1) is 26.9. The molecule has 0 spiro atoms. The summed E-state index contributed by atoms with van der Waals surface area (Å²) in [5.41, 5.74) is -1.44. The molecule has 0 saturated heterocycles. The van der Waals surface area contributed by atoms with Crippen molar-refractivity contribution in [1.82, 2.24) is 16.0 Å². The molecule has 0 aliphatic carbocycles. The summed E-state index contributed by atoms with van der Waals surface area (Å²) in [6.45, 7) is 15.4. The van der Waals surface area contributed by atoms with Crippen molar-refractivity contribution < 1.29 is 33.7 Å². The molecule has 4 N–H and O–H groups in total. The number of esters is 1. The van der Waals surface area contributed by atoms with Crippen molar-refractivity contribution in [3.63, 3.8) is 0 Å². The van der Waals surface area contributed by atoms with Gasteiger partial charge in [0, 0.05) is 0 Å². The highest BCUT2D eigenvalue weighted by molar-refractivity contribution is 5.81. The Morgan fingerprint density at radius 1 is 0.897 bits per heavy atom. The Bertz CT molecular complexity index is 555. The highest BCUT2D eigenvalue weighted by Gasteiger charge is 2.32. The lowest BCUT2D eigenvalue weighted by molar-refractivity contribution is -0.153. The van der Waals surface area contributed by atoms with Crippen molar-refractivity contribution in [1.29, 1.82) is 0 Å². The molecule has 0 rings (SSSR count). The average Bonchev–Trinajstić information content (AvgIpc) is 2.48. The van der Waals surface area contributed by atoms with Gasteiger partial charge in [-0.25, -0.2) is 14.4 Å². The van der Waals surface area contributed by atoms with Crippen LogP contribution in [0.2, 0.25) is 0 Å². The van der Waals surface area contributed by atoms with Gasteiger partial charge in [-0.15, -0.1) is 0 Å². The van der Waals surface area contributed by atoms with E-state index in [9.17, 15) is 19.5 Å². The quantitative estimate of drug-likeness (QED) is 0.265. The van der Waals surface area contributed by atoms with Crippen LogP contribution in [0.4, 0.5) is 9.59 Å². The first-order chi connectivity index (χ1) is 13.1. The Morgan fingerprint density at radius 2 is 1.34 bits per heavy atom. The van der Waals surface area contributed by atoms with Crippen LogP contribution < -0.4 is 16.0 Å². The second kappa shape index (κ2) is 11.2. The van der Waals surface area contributed by atoms with Crippen LogP contribution in [-0.4, -0.2) is 65.4 Å². The molecule has 0 bridgehead atoms. The number of carbonyl (C=O) groups excluding carboxylic acids is 3. The van der Waals surface area contributed by atoms with Crippen molar-refractivity contribution in [3.8, 4) is 0 Å². The molecule has 0 fully saturated rings. The molecule has 0 aliphatic heterocycles. The van der Waals surface area contributed by atoms with E-state index in [1.54, 1.807) is 48.5 Å². The smallest absolute Gasteiger partial charge is 0.408 e. The fraction of sp³-hybridized carbons (Fsp3) is 0.842. The standard InChI is InChI=1S/C19H37N3O7/c1-10-20-14(23)13(22-17(26)29-19(7,8)9)12(3)27-15(24)11(2)21-16(25)28-18(4,5)6/h11-14,20,23H,10H2,1-9H3,(H,21,25)(H,22,26)/t11-,12+,13-,14?/m0/s1. The van der Waals surface area contributed by atoms with E-state index in [0.717, 1.165) is 0 Å². The van der Waals surface area contributed by atoms with Gasteiger partial charge in [0.15, 0.2) is 0 Å². The van der Waals surface area contributed by atoms with Crippen LogP contribution in [0.15, 0.2) is 0 Å². The third-order valence-corrected chi connectivity index (χ3v) is 3.33. The van der Waals surface area contributed by atoms with Crippen molar-refractivity contribution in [2.24, 2.45) is 0 Å². The molecule has 0 aromatic carbocycles. The summed E-state index contributed by atoms with van der Waals surface area (Å²) in [6.07, 6.45) is -3.63. The number of nitrogens with one attached hydrogen (secondary N) is 3. The lowest BCUT2D eigenvalue weighted by atomic mass is 10.1. The number of rotatable bonds is 8. The topological polar surface area (TPSA) is 135 Å². The maximum atomic E-state index is 12.3. The molecule has 2 amide bonds. The summed E-state index contributed by atoms with van der Waals surface area (Å²) in [7, 11) is 0. The van der Waals surface area contributed by atoms with Crippen LogP contribution in [0.1, 0.15) is 62.3 Å². The minimum absolute atomic E-state index is 0.422. The monoisotopic (exact) mass is 419 g/mol. The minimum atomic E-state index is -1.19. The van der Waals surface area contributed by atoms with E-state index in [0.29, 0.717) is 6.54 Å². The van der Waals surface area contributed by atoms with Gasteiger partial charge < -0.3 is 30.0 Å². The average molecular weight is 420 g/mol. The Balaban J connectivity index is 5.01. The Hall–Kier alpha value is -2.07. The molecule has 1 unspecified atom stereocenters. The SMILES string of the molecule is CCNC(O)[C@@H](NC(=O)OC(C)(C)C)[C@@H](C)OC(=O)[C@H](C)NC(=O)OC(C)(C)C. The highest BCUT2D eigenvalue weighted by atomic mass is 16.6. The van der Waals surface area contributed by atoms with Crippen LogP contribution >= 0.6 is 0 Å². The predicted octanol–water partition coefficient (Wildman–Crippen LogP) is 1.65. The fourth-order valence-corrected chi connectivity index (χ4v) is 2.13. The van der Waals surface area contributed by atoms with E-state index < -0.39 is 53.8 Å². The van der Waals surface area contributed by atoms with Gasteiger partial charge in [0.1, 0.15) is 35.6 Å². The number of hydrogen-bond donors (Lipinski definition) is 4. The van der Waals surface area contributed by atoms with Gasteiger partial charge in [-0.1, -0.05) is 6.92 Å². The molecule has 0 saturated carbocycles. The number of aliphatic hydroxyl groups excluding tert-OH is 1. The van der Waals surface area contributed by atoms with Gasteiger partial charge in [0.2, 0.25) is 0 Å². The van der Waals surface area contributed by atoms with E-state index in [-0.39, 0.29) is 0 Å². The molecule has 0 heterocycles. The third-order valence-electron chi connectivity index (χ3n) is 3.33. The molecule has 0 radical (unpaired) electrons. The second-order valence-corrected chi connectivity index (χ2v) is 8.68. The van der Waals surface area contributed by atoms with E-state index >= 15 is 0 Å². The Labute approximate surface area is 173 Å². The largest absolute Gasteiger partial charge is 0.459 e. The molecule has 170 valence electrons. The molecule has 0 aromatic heterocycles. The summed E-state index contributed by atoms with van der Waals surface area (Å²) < 4.78 is 15.6. The Morgan fingerprint density at radius 3 is 1.76 bits per heavy atom. The van der Waals surface area contributed by atoms with Gasteiger partial charge in [-0.05, 0) is 61.9 Å². The molecular weight excluding hydrogens is 382 g/mol. The summed E-state index contributed by atoms with van der Waals surface area (Å²) in [6, 6.07) is -1.98. The maximum Gasteiger partial charge on any atom is 0.408 e. The lowest BCUT2D eigenvalue weighted by Crippen LogP contribution is -2.57. The van der Waals surface area contributed by atoms with Crippen LogP contribution in [0, 0.1) is 0 Å². The van der Waals surface area contributed by atoms with Gasteiger partial charge in [0.05, 0.1) is 0 Å². The third kappa shape index (κ3) is 12.2. The Kier molecular flexibility index (Phi) is 10.4. The molecule has 10 heteroatoms. The van der Waals surface area contributed by atoms with E-state index in [4.69, 9.17) is 14.2 Å². The molecular formula is C19H37N3O7. The zero-order valence-corrected chi connectivity index (χ0v) is 18.9. The summed E-state index contributed by atoms with van der Waals surface area (Å²) in [5, 5.41) is 17.9. The summed E-state index contributed by atoms with van der Waals surface area (Å²) >= 11 is 0. The number of amides is 2. The van der Waals surface area contributed by atoms with E-state index in [2.05, 4.69) is 16.0 Å². The number of carbonyl (C=O) groups is 3. The summed E-state index contributed by atoms with van der Waals surface area (Å²) in [5.74, 6) is -0.747. The maximum absolute atomic E-state index is 12.3. The minimum Gasteiger partial charge on any atom is -0.459 e. The number of likely N-dealkylation sites (N-methyl/N-ethyl adjacent to an activating group) is 1. The van der Waals surface area contributed by atoms with Crippen LogP contribution in [0.3, 0.4) is 0 Å². The van der Waals surface area contributed by atoms with Gasteiger partial charge in [0.25, 0.3) is 0 Å². The molecule has 0 aliphatic rings. The zero-order valence-electron chi connectivity index (χ0n) is 18.9. The van der Waals surface area contributed by atoms with Crippen LogP contribution in [-0.2, 0) is 19.0 Å². The fourth-order valence-electron chi connectivity index (χ4n) is 2.13. The van der Waals surface area contributed by atoms with Crippen molar-refractivity contribution in [2.75, 3.05) is 6.54 Å². The van der Waals surface area contributed by atoms with Crippen molar-refractivity contribution in [2.45, 2.75) is 97.9 Å². The first-order valence-corrected chi connectivity index (χ1v) is 9.66.